The van der Waals surface area contributed by atoms with Crippen LogP contribution >= 0.6 is 0 Å². The molecule has 0 atom stereocenters. The number of aliphatic imine (C=N–C) groups is 1. The molecule has 0 unspecified atom stereocenters. The summed E-state index contributed by atoms with van der Waals surface area (Å²) in [6.07, 6.45) is 7.84. The van der Waals surface area contributed by atoms with Gasteiger partial charge in [-0.2, -0.15) is 0 Å². The first-order chi connectivity index (χ1) is 12.7. The van der Waals surface area contributed by atoms with E-state index in [1.165, 1.54) is 36.8 Å². The number of hydrogen-bond donors (Lipinski definition) is 2. The Kier molecular flexibility index (Phi) is 6.26. The van der Waals surface area contributed by atoms with Crippen molar-refractivity contribution in [1.29, 1.82) is 0 Å². The average molecular weight is 351 g/mol. The maximum absolute atomic E-state index is 4.40. The Morgan fingerprint density at radius 2 is 1.96 bits per heavy atom. The van der Waals surface area contributed by atoms with Crippen molar-refractivity contribution in [3.8, 4) is 0 Å². The molecule has 1 aliphatic rings. The molecule has 4 nitrogen and oxygen atoms in total. The van der Waals surface area contributed by atoms with E-state index in [2.05, 4.69) is 57.9 Å². The molecule has 1 aliphatic carbocycles. The zero-order valence-corrected chi connectivity index (χ0v) is 16.0. The fourth-order valence-electron chi connectivity index (χ4n) is 3.92. The molecule has 1 aromatic heterocycles. The summed E-state index contributed by atoms with van der Waals surface area (Å²) in [5.74, 6) is 0.875. The highest BCUT2D eigenvalue weighted by Gasteiger charge is 2.35. The zero-order chi connectivity index (χ0) is 18.2. The molecule has 0 aliphatic heterocycles. The number of rotatable bonds is 6. The summed E-state index contributed by atoms with van der Waals surface area (Å²) in [6, 6.07) is 15.0. The normalized spacial score (nSPS) is 16.5. The lowest BCUT2D eigenvalue weighted by Gasteiger charge is -2.31. The number of pyridine rings is 1. The summed E-state index contributed by atoms with van der Waals surface area (Å²) >= 11 is 0. The topological polar surface area (TPSA) is 49.3 Å². The average Bonchev–Trinajstić information content (AvgIpc) is 3.15. The van der Waals surface area contributed by atoms with E-state index in [0.717, 1.165) is 31.2 Å². The van der Waals surface area contributed by atoms with Gasteiger partial charge in [0.1, 0.15) is 0 Å². The van der Waals surface area contributed by atoms with Gasteiger partial charge in [0.2, 0.25) is 0 Å². The third-order valence-electron chi connectivity index (χ3n) is 5.41. The van der Waals surface area contributed by atoms with Crippen LogP contribution in [0, 0.1) is 6.92 Å². The van der Waals surface area contributed by atoms with E-state index in [1.807, 2.05) is 25.4 Å². The maximum Gasteiger partial charge on any atom is 0.191 e. The molecule has 2 N–H and O–H groups in total. The van der Waals surface area contributed by atoms with E-state index in [1.54, 1.807) is 0 Å². The number of aryl methyl sites for hydroxylation is 1. The molecule has 3 rings (SSSR count). The monoisotopic (exact) mass is 350 g/mol. The maximum atomic E-state index is 4.40. The minimum absolute atomic E-state index is 0.227. The van der Waals surface area contributed by atoms with Gasteiger partial charge >= 0.3 is 0 Å². The van der Waals surface area contributed by atoms with Crippen LogP contribution in [0.25, 0.3) is 0 Å². The van der Waals surface area contributed by atoms with E-state index in [0.29, 0.717) is 0 Å². The number of guanidine groups is 1. The van der Waals surface area contributed by atoms with Gasteiger partial charge in [-0.05, 0) is 37.5 Å². The van der Waals surface area contributed by atoms with Gasteiger partial charge in [0.15, 0.2) is 5.96 Å². The summed E-state index contributed by atoms with van der Waals surface area (Å²) in [6.45, 7) is 3.94. The van der Waals surface area contributed by atoms with Crippen molar-refractivity contribution in [1.82, 2.24) is 15.6 Å². The number of benzene rings is 1. The van der Waals surface area contributed by atoms with Crippen molar-refractivity contribution >= 4 is 5.96 Å². The molecular weight excluding hydrogens is 320 g/mol. The van der Waals surface area contributed by atoms with Crippen molar-refractivity contribution in [2.24, 2.45) is 4.99 Å². The highest BCUT2D eigenvalue weighted by atomic mass is 15.2. The fourth-order valence-corrected chi connectivity index (χ4v) is 3.92. The quantitative estimate of drug-likeness (QED) is 0.618. The van der Waals surface area contributed by atoms with Gasteiger partial charge in [0.25, 0.3) is 0 Å². The molecule has 0 bridgehead atoms. The molecular formula is C22H30N4. The molecule has 1 fully saturated rings. The summed E-state index contributed by atoms with van der Waals surface area (Å²) in [7, 11) is 1.84. The van der Waals surface area contributed by atoms with Crippen molar-refractivity contribution in [3.05, 3.63) is 65.5 Å². The van der Waals surface area contributed by atoms with Crippen LogP contribution in [0.5, 0.6) is 0 Å². The standard InChI is InChI=1S/C22H30N4/c1-18-8-7-9-19(16-18)22(12-4-5-13-22)17-26-21(23-2)25-15-11-20-10-3-6-14-24-20/h3,6-10,14,16H,4-5,11-13,15,17H2,1-2H3,(H2,23,25,26). The van der Waals surface area contributed by atoms with E-state index < -0.39 is 0 Å². The van der Waals surface area contributed by atoms with Crippen LogP contribution in [-0.4, -0.2) is 31.1 Å². The second-order valence-corrected chi connectivity index (χ2v) is 7.28. The molecule has 0 saturated heterocycles. The Morgan fingerprint density at radius 3 is 2.65 bits per heavy atom. The Hall–Kier alpha value is -2.36. The molecule has 4 heteroatoms. The Labute approximate surface area is 157 Å². The molecule has 1 aromatic carbocycles. The SMILES string of the molecule is CN=C(NCCc1ccccn1)NCC1(c2cccc(C)c2)CCCC1. The van der Waals surface area contributed by atoms with Crippen molar-refractivity contribution in [2.45, 2.75) is 44.4 Å². The van der Waals surface area contributed by atoms with Gasteiger partial charge in [-0.15, -0.1) is 0 Å². The lowest BCUT2D eigenvalue weighted by molar-refractivity contribution is 0.431. The van der Waals surface area contributed by atoms with Crippen LogP contribution in [0.3, 0.4) is 0 Å². The molecule has 2 aromatic rings. The highest BCUT2D eigenvalue weighted by molar-refractivity contribution is 5.79. The molecule has 1 heterocycles. The van der Waals surface area contributed by atoms with Crippen molar-refractivity contribution in [2.75, 3.05) is 20.1 Å². The largest absolute Gasteiger partial charge is 0.356 e. The van der Waals surface area contributed by atoms with Crippen LogP contribution in [-0.2, 0) is 11.8 Å². The molecule has 0 spiro atoms. The lowest BCUT2D eigenvalue weighted by atomic mass is 9.78. The zero-order valence-electron chi connectivity index (χ0n) is 16.0. The first-order valence-electron chi connectivity index (χ1n) is 9.63. The van der Waals surface area contributed by atoms with E-state index in [-0.39, 0.29) is 5.41 Å². The lowest BCUT2D eigenvalue weighted by Crippen LogP contribution is -2.45. The van der Waals surface area contributed by atoms with Crippen LogP contribution in [0.1, 0.15) is 42.5 Å². The molecule has 26 heavy (non-hydrogen) atoms. The molecule has 0 amide bonds. The summed E-state index contributed by atoms with van der Waals surface area (Å²) in [4.78, 5) is 8.77. The Morgan fingerprint density at radius 1 is 1.12 bits per heavy atom. The third kappa shape index (κ3) is 4.63. The minimum Gasteiger partial charge on any atom is -0.356 e. The van der Waals surface area contributed by atoms with Gasteiger partial charge in [-0.3, -0.25) is 9.98 Å². The predicted molar refractivity (Wildman–Crippen MR) is 109 cm³/mol. The summed E-state index contributed by atoms with van der Waals surface area (Å²) in [5.41, 5.74) is 4.13. The minimum atomic E-state index is 0.227. The van der Waals surface area contributed by atoms with E-state index in [4.69, 9.17) is 0 Å². The first kappa shape index (κ1) is 18.4. The Bertz CT molecular complexity index is 718. The summed E-state index contributed by atoms with van der Waals surface area (Å²) < 4.78 is 0. The highest BCUT2D eigenvalue weighted by Crippen LogP contribution is 2.40. The molecule has 0 radical (unpaired) electrons. The Balaban J connectivity index is 1.57. The van der Waals surface area contributed by atoms with E-state index in [9.17, 15) is 0 Å². The second kappa shape index (κ2) is 8.84. The molecule has 138 valence electrons. The van der Waals surface area contributed by atoms with Gasteiger partial charge < -0.3 is 10.6 Å². The van der Waals surface area contributed by atoms with Gasteiger partial charge in [-0.1, -0.05) is 48.7 Å². The van der Waals surface area contributed by atoms with Crippen LogP contribution in [0.4, 0.5) is 0 Å². The fraction of sp³-hybridized carbons (Fsp3) is 0.455. The van der Waals surface area contributed by atoms with Gasteiger partial charge in [0.05, 0.1) is 0 Å². The van der Waals surface area contributed by atoms with Crippen molar-refractivity contribution < 1.29 is 0 Å². The van der Waals surface area contributed by atoms with Crippen LogP contribution in [0.15, 0.2) is 53.7 Å². The number of nitrogens with one attached hydrogen (secondary N) is 2. The third-order valence-corrected chi connectivity index (χ3v) is 5.41. The second-order valence-electron chi connectivity index (χ2n) is 7.28. The predicted octanol–water partition coefficient (Wildman–Crippen LogP) is 3.61. The summed E-state index contributed by atoms with van der Waals surface area (Å²) in [5, 5.41) is 7.00. The van der Waals surface area contributed by atoms with Crippen molar-refractivity contribution in [3.63, 3.8) is 0 Å². The number of hydrogen-bond acceptors (Lipinski definition) is 2. The van der Waals surface area contributed by atoms with Crippen LogP contribution < -0.4 is 10.6 Å². The smallest absolute Gasteiger partial charge is 0.191 e. The number of aromatic nitrogens is 1. The first-order valence-corrected chi connectivity index (χ1v) is 9.63. The van der Waals surface area contributed by atoms with Gasteiger partial charge in [-0.25, -0.2) is 0 Å². The van der Waals surface area contributed by atoms with Gasteiger partial charge in [0, 0.05) is 43.9 Å². The number of nitrogens with zero attached hydrogens (tertiary/aromatic N) is 2. The molecule has 1 saturated carbocycles. The van der Waals surface area contributed by atoms with E-state index >= 15 is 0 Å². The van der Waals surface area contributed by atoms with Crippen LogP contribution in [0.2, 0.25) is 0 Å².